The summed E-state index contributed by atoms with van der Waals surface area (Å²) in [4.78, 5) is 8.78. The summed E-state index contributed by atoms with van der Waals surface area (Å²) < 4.78 is 6.11. The van der Waals surface area contributed by atoms with Crippen molar-refractivity contribution in [3.8, 4) is 0 Å². The van der Waals surface area contributed by atoms with E-state index in [-0.39, 0.29) is 0 Å². The van der Waals surface area contributed by atoms with E-state index in [9.17, 15) is 0 Å². The van der Waals surface area contributed by atoms with E-state index in [0.717, 1.165) is 48.9 Å². The summed E-state index contributed by atoms with van der Waals surface area (Å²) in [7, 11) is 4.29. The number of nitrogens with two attached hydrogens (primary N) is 1. The number of fused-ring (bicyclic) bond motifs is 1. The normalized spacial score (nSPS) is 15.7. The molecule has 0 radical (unpaired) electrons. The number of nitrogens with zero attached hydrogens (tertiary/aromatic N) is 3. The van der Waals surface area contributed by atoms with Crippen LogP contribution in [-0.2, 0) is 17.9 Å². The molecule has 2 heterocycles. The van der Waals surface area contributed by atoms with Crippen LogP contribution in [0, 0.1) is 0 Å². The first-order valence-corrected chi connectivity index (χ1v) is 10.3. The maximum absolute atomic E-state index is 6.11. The third-order valence-corrected chi connectivity index (χ3v) is 5.81. The average Bonchev–Trinajstić information content (AvgIpc) is 2.74. The number of pyridine rings is 1. The number of hydrogen-bond donors (Lipinski definition) is 1. The fourth-order valence-corrected chi connectivity index (χ4v) is 3.90. The van der Waals surface area contributed by atoms with E-state index in [1.54, 1.807) is 6.20 Å². The molecule has 4 rings (SSSR count). The summed E-state index contributed by atoms with van der Waals surface area (Å²) in [5, 5.41) is 2.11. The molecule has 1 aliphatic heterocycles. The Hall–Kier alpha value is -2.63. The maximum atomic E-state index is 6.11. The second kappa shape index (κ2) is 8.80. The largest absolute Gasteiger partial charge is 0.383 e. The lowest BCUT2D eigenvalue weighted by Gasteiger charge is -2.28. The van der Waals surface area contributed by atoms with E-state index in [0.29, 0.717) is 18.5 Å². The van der Waals surface area contributed by atoms with E-state index in [1.165, 1.54) is 11.1 Å². The molecular weight excluding hydrogens is 360 g/mol. The van der Waals surface area contributed by atoms with Crippen LogP contribution in [0.4, 0.5) is 11.5 Å². The van der Waals surface area contributed by atoms with Crippen LogP contribution in [0.1, 0.15) is 24.0 Å². The van der Waals surface area contributed by atoms with Crippen molar-refractivity contribution < 1.29 is 4.74 Å². The fourth-order valence-electron chi connectivity index (χ4n) is 3.90. The molecule has 0 spiro atoms. The summed E-state index contributed by atoms with van der Waals surface area (Å²) in [6.07, 6.45) is 4.42. The van der Waals surface area contributed by atoms with Crippen LogP contribution in [0.5, 0.6) is 0 Å². The molecule has 5 heteroatoms. The van der Waals surface area contributed by atoms with Crippen LogP contribution < -0.4 is 10.6 Å². The molecule has 0 aliphatic carbocycles. The van der Waals surface area contributed by atoms with Crippen molar-refractivity contribution >= 4 is 22.3 Å². The molecule has 0 saturated carbocycles. The highest BCUT2D eigenvalue weighted by molar-refractivity contribution is 5.92. The molecule has 3 aromatic rings. The molecular formula is C24H30N4O. The third kappa shape index (κ3) is 4.86. The number of rotatable bonds is 6. The number of hydrogen-bond acceptors (Lipinski definition) is 5. The molecule has 29 heavy (non-hydrogen) atoms. The number of benzene rings is 2. The number of aromatic nitrogens is 1. The molecule has 0 atom stereocenters. The minimum absolute atomic E-state index is 0.397. The van der Waals surface area contributed by atoms with E-state index in [1.807, 2.05) is 12.1 Å². The van der Waals surface area contributed by atoms with Gasteiger partial charge in [0, 0.05) is 44.0 Å². The molecule has 2 N–H and O–H groups in total. The van der Waals surface area contributed by atoms with Gasteiger partial charge in [0.15, 0.2) is 0 Å². The van der Waals surface area contributed by atoms with Gasteiger partial charge in [0.2, 0.25) is 0 Å². The van der Waals surface area contributed by atoms with Crippen molar-refractivity contribution in [1.82, 2.24) is 9.88 Å². The van der Waals surface area contributed by atoms with Gasteiger partial charge >= 0.3 is 0 Å². The van der Waals surface area contributed by atoms with Crippen molar-refractivity contribution in [2.45, 2.75) is 32.1 Å². The third-order valence-electron chi connectivity index (χ3n) is 5.81. The number of ether oxygens (including phenoxy) is 1. The summed E-state index contributed by atoms with van der Waals surface area (Å²) in [6, 6.07) is 17.1. The van der Waals surface area contributed by atoms with Crippen LogP contribution in [0.3, 0.4) is 0 Å². The Morgan fingerprint density at radius 2 is 1.79 bits per heavy atom. The molecule has 0 bridgehead atoms. The van der Waals surface area contributed by atoms with Crippen LogP contribution in [0.15, 0.2) is 54.7 Å². The second-order valence-electron chi connectivity index (χ2n) is 8.09. The summed E-state index contributed by atoms with van der Waals surface area (Å²) in [5.41, 5.74) is 9.65. The first-order valence-electron chi connectivity index (χ1n) is 10.3. The fraction of sp³-hybridized carbons (Fsp3) is 0.375. The Kier molecular flexibility index (Phi) is 5.97. The lowest BCUT2D eigenvalue weighted by atomic mass is 10.1. The van der Waals surface area contributed by atoms with Gasteiger partial charge in [-0.05, 0) is 60.7 Å². The van der Waals surface area contributed by atoms with Gasteiger partial charge in [0.25, 0.3) is 0 Å². The smallest absolute Gasteiger partial charge is 0.131 e. The quantitative estimate of drug-likeness (QED) is 0.688. The predicted molar refractivity (Wildman–Crippen MR) is 120 cm³/mol. The first-order chi connectivity index (χ1) is 14.1. The Labute approximate surface area is 173 Å². The molecule has 2 aromatic carbocycles. The van der Waals surface area contributed by atoms with Crippen LogP contribution in [0.2, 0.25) is 0 Å². The molecule has 0 amide bonds. The lowest BCUT2D eigenvalue weighted by Crippen LogP contribution is -2.34. The molecule has 1 fully saturated rings. The lowest BCUT2D eigenvalue weighted by molar-refractivity contribution is 0.00213. The maximum Gasteiger partial charge on any atom is 0.131 e. The highest BCUT2D eigenvalue weighted by Crippen LogP contribution is 2.25. The van der Waals surface area contributed by atoms with Gasteiger partial charge in [-0.3, -0.25) is 0 Å². The van der Waals surface area contributed by atoms with E-state index >= 15 is 0 Å². The van der Waals surface area contributed by atoms with Gasteiger partial charge < -0.3 is 20.3 Å². The minimum Gasteiger partial charge on any atom is -0.383 e. The van der Waals surface area contributed by atoms with Gasteiger partial charge in [-0.15, -0.1) is 0 Å². The van der Waals surface area contributed by atoms with Gasteiger partial charge in [0.05, 0.1) is 12.7 Å². The Bertz CT molecular complexity index is 949. The van der Waals surface area contributed by atoms with Gasteiger partial charge in [-0.2, -0.15) is 0 Å². The van der Waals surface area contributed by atoms with Crippen molar-refractivity contribution in [3.05, 3.63) is 65.9 Å². The van der Waals surface area contributed by atoms with Gasteiger partial charge in [-0.25, -0.2) is 4.98 Å². The zero-order valence-electron chi connectivity index (χ0n) is 17.3. The summed E-state index contributed by atoms with van der Waals surface area (Å²) >= 11 is 0. The minimum atomic E-state index is 0.397. The van der Waals surface area contributed by atoms with Crippen LogP contribution in [-0.4, -0.2) is 43.2 Å². The summed E-state index contributed by atoms with van der Waals surface area (Å²) in [6.45, 7) is 3.81. The predicted octanol–water partition coefficient (Wildman–Crippen LogP) is 4.06. The molecule has 1 aliphatic rings. The zero-order chi connectivity index (χ0) is 20.2. The van der Waals surface area contributed by atoms with Crippen molar-refractivity contribution in [2.75, 3.05) is 37.8 Å². The van der Waals surface area contributed by atoms with Crippen molar-refractivity contribution in [3.63, 3.8) is 0 Å². The van der Waals surface area contributed by atoms with Crippen molar-refractivity contribution in [2.24, 2.45) is 0 Å². The SMILES string of the molecule is CN1CCC(OCc2ccc(CN(C)c3ccc4c(N)nccc4c3)cc2)CC1. The number of anilines is 2. The number of nitrogen functional groups attached to an aromatic ring is 1. The summed E-state index contributed by atoms with van der Waals surface area (Å²) in [5.74, 6) is 0.578. The highest BCUT2D eigenvalue weighted by Gasteiger charge is 2.16. The second-order valence-corrected chi connectivity index (χ2v) is 8.09. The van der Waals surface area contributed by atoms with Crippen LogP contribution in [0.25, 0.3) is 10.8 Å². The highest BCUT2D eigenvalue weighted by atomic mass is 16.5. The Morgan fingerprint density at radius 3 is 2.55 bits per heavy atom. The number of piperidine rings is 1. The zero-order valence-corrected chi connectivity index (χ0v) is 17.3. The molecule has 1 aromatic heterocycles. The Morgan fingerprint density at radius 1 is 1.07 bits per heavy atom. The number of likely N-dealkylation sites (tertiary alicyclic amines) is 1. The monoisotopic (exact) mass is 390 g/mol. The van der Waals surface area contributed by atoms with Crippen molar-refractivity contribution in [1.29, 1.82) is 0 Å². The van der Waals surface area contributed by atoms with E-state index < -0.39 is 0 Å². The van der Waals surface area contributed by atoms with Crippen LogP contribution >= 0.6 is 0 Å². The topological polar surface area (TPSA) is 54.6 Å². The van der Waals surface area contributed by atoms with Gasteiger partial charge in [-0.1, -0.05) is 24.3 Å². The molecule has 1 saturated heterocycles. The first kappa shape index (κ1) is 19.7. The van der Waals surface area contributed by atoms with E-state index in [4.69, 9.17) is 10.5 Å². The standard InChI is InChI=1S/C24H30N4O/c1-27-13-10-22(11-14-27)29-17-19-5-3-18(4-6-19)16-28(2)21-7-8-23-20(15-21)9-12-26-24(23)25/h3-9,12,15,22H,10-11,13-14,16-17H2,1-2H3,(H2,25,26). The Balaban J connectivity index is 1.34. The molecule has 0 unspecified atom stereocenters. The molecule has 5 nitrogen and oxygen atoms in total. The van der Waals surface area contributed by atoms with Gasteiger partial charge in [0.1, 0.15) is 5.82 Å². The van der Waals surface area contributed by atoms with E-state index in [2.05, 4.69) is 65.3 Å². The average molecular weight is 391 g/mol. The molecule has 152 valence electrons.